The van der Waals surface area contributed by atoms with Crippen molar-refractivity contribution in [3.63, 3.8) is 0 Å². The lowest BCUT2D eigenvalue weighted by Gasteiger charge is -2.28. The fraction of sp³-hybridized carbons (Fsp3) is 0.316. The summed E-state index contributed by atoms with van der Waals surface area (Å²) in [5.74, 6) is 0.448. The van der Waals surface area contributed by atoms with E-state index < -0.39 is 9.84 Å². The third-order valence-corrected chi connectivity index (χ3v) is 6.52. The molecule has 2 aromatic rings. The summed E-state index contributed by atoms with van der Waals surface area (Å²) in [4.78, 5) is 14.5. The molecule has 144 valence electrons. The molecule has 1 amide bonds. The van der Waals surface area contributed by atoms with Gasteiger partial charge in [-0.1, -0.05) is 29.8 Å². The van der Waals surface area contributed by atoms with Gasteiger partial charge >= 0.3 is 0 Å². The Bertz CT molecular complexity index is 919. The molecule has 27 heavy (non-hydrogen) atoms. The number of hydrogen-bond donors (Lipinski definition) is 1. The molecule has 1 atom stereocenters. The van der Waals surface area contributed by atoms with Gasteiger partial charge in [0.05, 0.1) is 36.2 Å². The highest BCUT2D eigenvalue weighted by atomic mass is 35.5. The first kappa shape index (κ1) is 19.5. The van der Waals surface area contributed by atoms with Crippen LogP contribution in [0.4, 0.5) is 11.4 Å². The third kappa shape index (κ3) is 4.73. The highest BCUT2D eigenvalue weighted by molar-refractivity contribution is 7.91. The van der Waals surface area contributed by atoms with Crippen LogP contribution in [0.25, 0.3) is 0 Å². The molecule has 1 heterocycles. The summed E-state index contributed by atoms with van der Waals surface area (Å²) < 4.78 is 28.9. The van der Waals surface area contributed by atoms with Crippen molar-refractivity contribution in [1.82, 2.24) is 0 Å². The minimum Gasteiger partial charge on any atom is -0.495 e. The zero-order valence-electron chi connectivity index (χ0n) is 14.9. The Morgan fingerprint density at radius 2 is 2.00 bits per heavy atom. The summed E-state index contributed by atoms with van der Waals surface area (Å²) in [7, 11) is -1.58. The number of carbonyl (C=O) groups is 1. The predicted octanol–water partition coefficient (Wildman–Crippen LogP) is 2.98. The van der Waals surface area contributed by atoms with Gasteiger partial charge in [0.15, 0.2) is 9.84 Å². The Labute approximate surface area is 164 Å². The molecule has 3 rings (SSSR count). The molecule has 1 saturated heterocycles. The highest BCUT2D eigenvalue weighted by Gasteiger charge is 2.35. The van der Waals surface area contributed by atoms with Crippen molar-refractivity contribution in [3.8, 4) is 5.75 Å². The van der Waals surface area contributed by atoms with Crippen LogP contribution in [0.1, 0.15) is 6.42 Å². The van der Waals surface area contributed by atoms with Crippen LogP contribution in [0.5, 0.6) is 5.75 Å². The van der Waals surface area contributed by atoms with Crippen LogP contribution < -0.4 is 15.0 Å². The van der Waals surface area contributed by atoms with Crippen molar-refractivity contribution >= 4 is 38.7 Å². The lowest BCUT2D eigenvalue weighted by Crippen LogP contribution is -2.44. The van der Waals surface area contributed by atoms with Gasteiger partial charge in [-0.15, -0.1) is 0 Å². The van der Waals surface area contributed by atoms with Gasteiger partial charge in [-0.2, -0.15) is 0 Å². The number of benzene rings is 2. The number of nitrogens with zero attached hydrogens (tertiary/aromatic N) is 1. The number of sulfone groups is 1. The van der Waals surface area contributed by atoms with Crippen LogP contribution in [0.2, 0.25) is 5.02 Å². The molecule has 0 aliphatic carbocycles. The average molecular weight is 409 g/mol. The summed E-state index contributed by atoms with van der Waals surface area (Å²) in [6.45, 7) is 0.0219. The van der Waals surface area contributed by atoms with E-state index in [1.807, 2.05) is 30.3 Å². The van der Waals surface area contributed by atoms with Crippen LogP contribution in [0.15, 0.2) is 48.5 Å². The second kappa shape index (κ2) is 8.19. The van der Waals surface area contributed by atoms with Gasteiger partial charge in [0.1, 0.15) is 5.75 Å². The minimum atomic E-state index is -3.11. The Hall–Kier alpha value is -2.25. The number of ether oxygens (including phenoxy) is 1. The average Bonchev–Trinajstić information content (AvgIpc) is 3.00. The van der Waals surface area contributed by atoms with Crippen LogP contribution >= 0.6 is 11.6 Å². The summed E-state index contributed by atoms with van der Waals surface area (Å²) in [5, 5.41) is 3.49. The number of methoxy groups -OCH3 is 1. The SMILES string of the molecule is COc1ccc(NCC(=O)N(c2ccccc2)[C@H]2CCS(=O)(=O)C2)cc1Cl. The zero-order chi connectivity index (χ0) is 19.4. The number of para-hydroxylation sites is 1. The van der Waals surface area contributed by atoms with Crippen molar-refractivity contribution in [1.29, 1.82) is 0 Å². The smallest absolute Gasteiger partial charge is 0.246 e. The standard InChI is InChI=1S/C19H21ClN2O4S/c1-26-18-8-7-14(11-17(18)20)21-12-19(23)22(15-5-3-2-4-6-15)16-9-10-27(24,25)13-16/h2-8,11,16,21H,9-10,12-13H2,1H3/t16-/m0/s1. The van der Waals surface area contributed by atoms with E-state index in [9.17, 15) is 13.2 Å². The lowest BCUT2D eigenvalue weighted by molar-refractivity contribution is -0.117. The first-order valence-electron chi connectivity index (χ1n) is 8.54. The van der Waals surface area contributed by atoms with E-state index in [0.717, 1.165) is 0 Å². The van der Waals surface area contributed by atoms with Gasteiger partial charge < -0.3 is 15.0 Å². The summed E-state index contributed by atoms with van der Waals surface area (Å²) >= 11 is 6.11. The van der Waals surface area contributed by atoms with E-state index >= 15 is 0 Å². The molecular formula is C19H21ClN2O4S. The molecule has 6 nitrogen and oxygen atoms in total. The molecular weight excluding hydrogens is 388 g/mol. The number of nitrogens with one attached hydrogen (secondary N) is 1. The maximum atomic E-state index is 12.9. The number of anilines is 2. The van der Waals surface area contributed by atoms with Crippen molar-refractivity contribution in [2.45, 2.75) is 12.5 Å². The summed E-state index contributed by atoms with van der Waals surface area (Å²) in [6.07, 6.45) is 0.442. The van der Waals surface area contributed by atoms with E-state index in [4.69, 9.17) is 16.3 Å². The fourth-order valence-electron chi connectivity index (χ4n) is 3.17. The van der Waals surface area contributed by atoms with Gasteiger partial charge in [-0.05, 0) is 36.8 Å². The Balaban J connectivity index is 1.76. The summed E-state index contributed by atoms with van der Waals surface area (Å²) in [6, 6.07) is 14.0. The highest BCUT2D eigenvalue weighted by Crippen LogP contribution is 2.28. The molecule has 0 saturated carbocycles. The molecule has 8 heteroatoms. The maximum Gasteiger partial charge on any atom is 0.246 e. The van der Waals surface area contributed by atoms with Gasteiger partial charge in [0.25, 0.3) is 0 Å². The van der Waals surface area contributed by atoms with Gasteiger partial charge in [0.2, 0.25) is 5.91 Å². The van der Waals surface area contributed by atoms with E-state index in [1.165, 1.54) is 7.11 Å². The van der Waals surface area contributed by atoms with Crippen molar-refractivity contribution in [3.05, 3.63) is 53.6 Å². The van der Waals surface area contributed by atoms with E-state index in [2.05, 4.69) is 5.32 Å². The molecule has 0 unspecified atom stereocenters. The number of hydrogen-bond acceptors (Lipinski definition) is 5. The molecule has 1 aliphatic heterocycles. The van der Waals surface area contributed by atoms with Crippen LogP contribution in [0, 0.1) is 0 Å². The lowest BCUT2D eigenvalue weighted by atomic mass is 10.1. The van der Waals surface area contributed by atoms with Crippen molar-refractivity contribution in [2.24, 2.45) is 0 Å². The number of halogens is 1. The molecule has 1 fully saturated rings. The maximum absolute atomic E-state index is 12.9. The zero-order valence-corrected chi connectivity index (χ0v) is 16.5. The van der Waals surface area contributed by atoms with Crippen molar-refractivity contribution < 1.29 is 17.9 Å². The second-order valence-electron chi connectivity index (χ2n) is 6.36. The normalized spacial score (nSPS) is 18.1. The first-order chi connectivity index (χ1) is 12.9. The van der Waals surface area contributed by atoms with Gasteiger partial charge in [-0.25, -0.2) is 8.42 Å². The van der Waals surface area contributed by atoms with Crippen LogP contribution in [-0.2, 0) is 14.6 Å². The minimum absolute atomic E-state index is 0.0119. The monoisotopic (exact) mass is 408 g/mol. The molecule has 0 aromatic heterocycles. The van der Waals surface area contributed by atoms with E-state index in [1.54, 1.807) is 23.1 Å². The predicted molar refractivity (Wildman–Crippen MR) is 107 cm³/mol. The third-order valence-electron chi connectivity index (χ3n) is 4.47. The quantitative estimate of drug-likeness (QED) is 0.795. The molecule has 1 N–H and O–H groups in total. The topological polar surface area (TPSA) is 75.7 Å². The molecule has 1 aliphatic rings. The first-order valence-corrected chi connectivity index (χ1v) is 10.7. The molecule has 0 radical (unpaired) electrons. The largest absolute Gasteiger partial charge is 0.495 e. The molecule has 0 bridgehead atoms. The molecule has 0 spiro atoms. The van der Waals surface area contributed by atoms with E-state index in [-0.39, 0.29) is 30.0 Å². The summed E-state index contributed by atoms with van der Waals surface area (Å²) in [5.41, 5.74) is 1.38. The van der Waals surface area contributed by atoms with Gasteiger partial charge in [-0.3, -0.25) is 4.79 Å². The fourth-order valence-corrected chi connectivity index (χ4v) is 5.12. The molecule has 2 aromatic carbocycles. The Kier molecular flexibility index (Phi) is 5.92. The van der Waals surface area contributed by atoms with E-state index in [0.29, 0.717) is 28.6 Å². The number of carbonyl (C=O) groups excluding carboxylic acids is 1. The van der Waals surface area contributed by atoms with Crippen molar-refractivity contribution in [2.75, 3.05) is 35.4 Å². The number of amides is 1. The van der Waals surface area contributed by atoms with Crippen LogP contribution in [0.3, 0.4) is 0 Å². The Morgan fingerprint density at radius 1 is 1.26 bits per heavy atom. The van der Waals surface area contributed by atoms with Crippen LogP contribution in [-0.4, -0.2) is 45.5 Å². The second-order valence-corrected chi connectivity index (χ2v) is 8.99. The number of rotatable bonds is 6. The Morgan fingerprint density at radius 3 is 2.59 bits per heavy atom. The van der Waals surface area contributed by atoms with Gasteiger partial charge in [0, 0.05) is 11.4 Å².